The van der Waals surface area contributed by atoms with Crippen molar-refractivity contribution in [3.8, 4) is 6.07 Å². The zero-order valence-electron chi connectivity index (χ0n) is 9.91. The van der Waals surface area contributed by atoms with Gasteiger partial charge in [-0.1, -0.05) is 6.07 Å². The second-order valence-electron chi connectivity index (χ2n) is 4.36. The number of likely N-dealkylation sites (N-methyl/N-ethyl adjacent to an activating group) is 1. The lowest BCUT2D eigenvalue weighted by Gasteiger charge is -2.34. The Morgan fingerprint density at radius 2 is 2.35 bits per heavy atom. The fourth-order valence-corrected chi connectivity index (χ4v) is 2.72. The summed E-state index contributed by atoms with van der Waals surface area (Å²) in [5.74, 6) is 0. The van der Waals surface area contributed by atoms with Crippen molar-refractivity contribution >= 4 is 21.6 Å². The standard InChI is InChI=1S/C13H16BrN3/c1-17(10-4-3-7-16-9-10)13-6-2-5-12(14)11(13)8-15/h2,5-6,10,16H,3-4,7,9H2,1H3. The van der Waals surface area contributed by atoms with Crippen molar-refractivity contribution in [2.45, 2.75) is 18.9 Å². The monoisotopic (exact) mass is 293 g/mol. The lowest BCUT2D eigenvalue weighted by atomic mass is 10.0. The molecule has 0 radical (unpaired) electrons. The Kier molecular flexibility index (Phi) is 4.03. The first-order valence-corrected chi connectivity index (χ1v) is 6.65. The number of benzene rings is 1. The van der Waals surface area contributed by atoms with Crippen molar-refractivity contribution in [2.24, 2.45) is 0 Å². The normalized spacial score (nSPS) is 19.7. The number of halogens is 1. The highest BCUT2D eigenvalue weighted by Gasteiger charge is 2.20. The van der Waals surface area contributed by atoms with Crippen LogP contribution in [0.25, 0.3) is 0 Å². The fraction of sp³-hybridized carbons (Fsp3) is 0.462. The molecule has 0 saturated carbocycles. The van der Waals surface area contributed by atoms with Gasteiger partial charge in [-0.2, -0.15) is 5.26 Å². The zero-order valence-corrected chi connectivity index (χ0v) is 11.5. The molecule has 1 heterocycles. The molecule has 1 aromatic rings. The number of hydrogen-bond acceptors (Lipinski definition) is 3. The highest BCUT2D eigenvalue weighted by atomic mass is 79.9. The van der Waals surface area contributed by atoms with Crippen molar-refractivity contribution in [3.05, 3.63) is 28.2 Å². The van der Waals surface area contributed by atoms with Crippen LogP contribution in [-0.2, 0) is 0 Å². The average Bonchev–Trinajstić information content (AvgIpc) is 2.38. The lowest BCUT2D eigenvalue weighted by molar-refractivity contribution is 0.445. The van der Waals surface area contributed by atoms with Crippen LogP contribution in [0.15, 0.2) is 22.7 Å². The van der Waals surface area contributed by atoms with Crippen molar-refractivity contribution in [2.75, 3.05) is 25.0 Å². The maximum absolute atomic E-state index is 9.22. The quantitative estimate of drug-likeness (QED) is 0.911. The van der Waals surface area contributed by atoms with Crippen LogP contribution in [0.5, 0.6) is 0 Å². The lowest BCUT2D eigenvalue weighted by Crippen LogP contribution is -2.44. The van der Waals surface area contributed by atoms with E-state index in [1.807, 2.05) is 18.2 Å². The predicted octanol–water partition coefficient (Wildman–Crippen LogP) is 2.51. The molecule has 3 nitrogen and oxygen atoms in total. The fourth-order valence-electron chi connectivity index (χ4n) is 2.28. The summed E-state index contributed by atoms with van der Waals surface area (Å²) in [7, 11) is 2.07. The van der Waals surface area contributed by atoms with E-state index in [9.17, 15) is 5.26 Å². The van der Waals surface area contributed by atoms with Gasteiger partial charge in [0.2, 0.25) is 0 Å². The molecular formula is C13H16BrN3. The maximum Gasteiger partial charge on any atom is 0.103 e. The molecule has 1 unspecified atom stereocenters. The maximum atomic E-state index is 9.22. The molecule has 0 aromatic heterocycles. The van der Waals surface area contributed by atoms with Gasteiger partial charge in [0.25, 0.3) is 0 Å². The molecule has 1 aromatic carbocycles. The number of rotatable bonds is 2. The van der Waals surface area contributed by atoms with E-state index in [4.69, 9.17) is 0 Å². The minimum Gasteiger partial charge on any atom is -0.369 e. The Bertz CT molecular complexity index is 433. The molecule has 17 heavy (non-hydrogen) atoms. The summed E-state index contributed by atoms with van der Waals surface area (Å²) in [6.45, 7) is 2.10. The average molecular weight is 294 g/mol. The Balaban J connectivity index is 2.27. The Morgan fingerprint density at radius 1 is 1.53 bits per heavy atom. The van der Waals surface area contributed by atoms with Gasteiger partial charge in [-0.15, -0.1) is 0 Å². The van der Waals surface area contributed by atoms with Gasteiger partial charge in [0.05, 0.1) is 11.3 Å². The molecular weight excluding hydrogens is 278 g/mol. The van der Waals surface area contributed by atoms with E-state index < -0.39 is 0 Å². The summed E-state index contributed by atoms with van der Waals surface area (Å²) in [5, 5.41) is 12.6. The van der Waals surface area contributed by atoms with E-state index in [-0.39, 0.29) is 0 Å². The molecule has 0 bridgehead atoms. The van der Waals surface area contributed by atoms with Crippen LogP contribution in [0.2, 0.25) is 0 Å². The van der Waals surface area contributed by atoms with Crippen molar-refractivity contribution in [3.63, 3.8) is 0 Å². The van der Waals surface area contributed by atoms with E-state index in [0.29, 0.717) is 6.04 Å². The van der Waals surface area contributed by atoms with E-state index in [1.165, 1.54) is 12.8 Å². The van der Waals surface area contributed by atoms with Crippen molar-refractivity contribution in [1.29, 1.82) is 5.26 Å². The van der Waals surface area contributed by atoms with Crippen LogP contribution in [0, 0.1) is 11.3 Å². The summed E-state index contributed by atoms with van der Waals surface area (Å²) < 4.78 is 0.869. The van der Waals surface area contributed by atoms with Gasteiger partial charge >= 0.3 is 0 Å². The summed E-state index contributed by atoms with van der Waals surface area (Å²) in [6.07, 6.45) is 2.38. The summed E-state index contributed by atoms with van der Waals surface area (Å²) in [4.78, 5) is 2.22. The molecule has 1 atom stereocenters. The smallest absolute Gasteiger partial charge is 0.103 e. The van der Waals surface area contributed by atoms with Gasteiger partial charge in [0.15, 0.2) is 0 Å². The summed E-state index contributed by atoms with van der Waals surface area (Å²) in [5.41, 5.74) is 1.73. The molecule has 0 amide bonds. The van der Waals surface area contributed by atoms with Crippen molar-refractivity contribution < 1.29 is 0 Å². The minimum absolute atomic E-state index is 0.477. The Hall–Kier alpha value is -1.05. The van der Waals surface area contributed by atoms with E-state index in [1.54, 1.807) is 0 Å². The number of nitriles is 1. The molecule has 4 heteroatoms. The summed E-state index contributed by atoms with van der Waals surface area (Å²) in [6, 6.07) is 8.65. The third-order valence-corrected chi connectivity index (χ3v) is 3.96. The van der Waals surface area contributed by atoms with Crippen LogP contribution in [0.1, 0.15) is 18.4 Å². The van der Waals surface area contributed by atoms with Gasteiger partial charge in [-0.05, 0) is 47.4 Å². The second-order valence-corrected chi connectivity index (χ2v) is 5.21. The van der Waals surface area contributed by atoms with E-state index in [0.717, 1.165) is 28.8 Å². The predicted molar refractivity (Wildman–Crippen MR) is 73.2 cm³/mol. The van der Waals surface area contributed by atoms with Gasteiger partial charge in [-0.3, -0.25) is 0 Å². The van der Waals surface area contributed by atoms with Gasteiger partial charge < -0.3 is 10.2 Å². The third-order valence-electron chi connectivity index (χ3n) is 3.30. The van der Waals surface area contributed by atoms with E-state index in [2.05, 4.69) is 39.3 Å². The molecule has 0 aliphatic carbocycles. The van der Waals surface area contributed by atoms with Gasteiger partial charge in [0, 0.05) is 24.1 Å². The molecule has 0 spiro atoms. The molecule has 1 aliphatic heterocycles. The molecule has 90 valence electrons. The Labute approximate surface area is 111 Å². The first-order chi connectivity index (χ1) is 8.24. The molecule has 1 fully saturated rings. The zero-order chi connectivity index (χ0) is 12.3. The van der Waals surface area contributed by atoms with Crippen LogP contribution in [-0.4, -0.2) is 26.2 Å². The van der Waals surface area contributed by atoms with Gasteiger partial charge in [-0.25, -0.2) is 0 Å². The largest absolute Gasteiger partial charge is 0.369 e. The van der Waals surface area contributed by atoms with Crippen LogP contribution in [0.3, 0.4) is 0 Å². The van der Waals surface area contributed by atoms with Gasteiger partial charge in [0.1, 0.15) is 6.07 Å². The SMILES string of the molecule is CN(c1cccc(Br)c1C#N)C1CCCNC1. The Morgan fingerprint density at radius 3 is 3.00 bits per heavy atom. The number of nitrogens with one attached hydrogen (secondary N) is 1. The summed E-state index contributed by atoms with van der Waals surface area (Å²) >= 11 is 3.43. The van der Waals surface area contributed by atoms with E-state index >= 15 is 0 Å². The highest BCUT2D eigenvalue weighted by molar-refractivity contribution is 9.10. The number of nitrogens with zero attached hydrogens (tertiary/aromatic N) is 2. The second kappa shape index (κ2) is 5.52. The van der Waals surface area contributed by atoms with Crippen LogP contribution < -0.4 is 10.2 Å². The topological polar surface area (TPSA) is 39.1 Å². The molecule has 1 saturated heterocycles. The minimum atomic E-state index is 0.477. The molecule has 2 rings (SSSR count). The molecule has 1 aliphatic rings. The van der Waals surface area contributed by atoms with Crippen LogP contribution >= 0.6 is 15.9 Å². The first kappa shape index (κ1) is 12.4. The molecule has 1 N–H and O–H groups in total. The number of hydrogen-bond donors (Lipinski definition) is 1. The first-order valence-electron chi connectivity index (χ1n) is 5.86. The highest BCUT2D eigenvalue weighted by Crippen LogP contribution is 2.28. The number of piperidine rings is 1. The third kappa shape index (κ3) is 2.62. The van der Waals surface area contributed by atoms with Crippen molar-refractivity contribution in [1.82, 2.24) is 5.32 Å². The number of anilines is 1. The van der Waals surface area contributed by atoms with Crippen LogP contribution in [0.4, 0.5) is 5.69 Å².